The number of alkyl halides is 5. The minimum Gasteiger partial charge on any atom is -0.431 e. The van der Waals surface area contributed by atoms with Crippen molar-refractivity contribution in [1.29, 1.82) is 0 Å². The van der Waals surface area contributed by atoms with Gasteiger partial charge in [0.05, 0.1) is 5.02 Å². The Morgan fingerprint density at radius 1 is 1.12 bits per heavy atom. The molecule has 9 heteroatoms. The maximum Gasteiger partial charge on any atom is 0.573 e. The Morgan fingerprint density at radius 2 is 1.71 bits per heavy atom. The molecular weight excluding hydrogens is 294 g/mol. The number of hydrogen-bond acceptors (Lipinski definition) is 2. The van der Waals surface area contributed by atoms with E-state index in [1.165, 1.54) is 0 Å². The number of benzene rings is 1. The molecule has 2 nitrogen and oxygen atoms in total. The maximum absolute atomic E-state index is 11.9. The molecule has 1 aromatic carbocycles. The van der Waals surface area contributed by atoms with Gasteiger partial charge in [-0.25, -0.2) is 0 Å². The summed E-state index contributed by atoms with van der Waals surface area (Å²) in [6, 6.07) is 1.68. The summed E-state index contributed by atoms with van der Waals surface area (Å²) in [6.45, 7) is -3.27. The lowest BCUT2D eigenvalue weighted by Gasteiger charge is -2.14. The van der Waals surface area contributed by atoms with E-state index in [4.69, 9.17) is 23.2 Å². The van der Waals surface area contributed by atoms with E-state index in [0.29, 0.717) is 0 Å². The van der Waals surface area contributed by atoms with Crippen LogP contribution in [0.3, 0.4) is 0 Å². The fourth-order valence-electron chi connectivity index (χ4n) is 0.915. The predicted molar refractivity (Wildman–Crippen MR) is 49.8 cm³/mol. The first kappa shape index (κ1) is 14.1. The van der Waals surface area contributed by atoms with Crippen molar-refractivity contribution in [3.05, 3.63) is 22.2 Å². The van der Waals surface area contributed by atoms with Gasteiger partial charge in [-0.3, -0.25) is 0 Å². The van der Waals surface area contributed by atoms with Crippen LogP contribution in [0.5, 0.6) is 11.5 Å². The summed E-state index contributed by atoms with van der Waals surface area (Å²) in [5, 5.41) is -1.14. The molecule has 17 heavy (non-hydrogen) atoms. The molecule has 0 heterocycles. The van der Waals surface area contributed by atoms with Crippen LogP contribution >= 0.6 is 23.2 Å². The molecule has 0 amide bonds. The fourth-order valence-corrected chi connectivity index (χ4v) is 1.41. The Labute approximate surface area is 102 Å². The van der Waals surface area contributed by atoms with E-state index in [1.807, 2.05) is 0 Å². The average molecular weight is 297 g/mol. The molecule has 0 saturated carbocycles. The topological polar surface area (TPSA) is 18.5 Å². The first-order chi connectivity index (χ1) is 7.70. The smallest absolute Gasteiger partial charge is 0.431 e. The molecule has 1 aromatic rings. The van der Waals surface area contributed by atoms with Crippen molar-refractivity contribution in [1.82, 2.24) is 0 Å². The molecule has 0 N–H and O–H groups in total. The molecule has 0 bridgehead atoms. The van der Waals surface area contributed by atoms with Gasteiger partial charge in [-0.1, -0.05) is 23.2 Å². The second kappa shape index (κ2) is 5.14. The summed E-state index contributed by atoms with van der Waals surface area (Å²) in [5.74, 6) is -1.65. The molecule has 0 aliphatic heterocycles. The third-order valence-electron chi connectivity index (χ3n) is 1.45. The Kier molecular flexibility index (Phi) is 4.26. The van der Waals surface area contributed by atoms with Gasteiger partial charge in [-0.2, -0.15) is 8.78 Å². The fraction of sp³-hybridized carbons (Fsp3) is 0.250. The van der Waals surface area contributed by atoms with Crippen LogP contribution in [0.1, 0.15) is 0 Å². The second-order valence-corrected chi connectivity index (χ2v) is 3.40. The highest BCUT2D eigenvalue weighted by molar-refractivity contribution is 6.38. The lowest BCUT2D eigenvalue weighted by molar-refractivity contribution is -0.274. The van der Waals surface area contributed by atoms with Crippen LogP contribution in [-0.4, -0.2) is 13.0 Å². The summed E-state index contributed by atoms with van der Waals surface area (Å²) in [7, 11) is 0. The number of halogens is 7. The molecule has 0 unspecified atom stereocenters. The van der Waals surface area contributed by atoms with Crippen molar-refractivity contribution in [2.75, 3.05) is 0 Å². The molecule has 0 aromatic heterocycles. The molecule has 0 radical (unpaired) electrons. The van der Waals surface area contributed by atoms with Gasteiger partial charge in [0, 0.05) is 0 Å². The van der Waals surface area contributed by atoms with E-state index in [0.717, 1.165) is 12.1 Å². The molecule has 0 spiro atoms. The van der Waals surface area contributed by atoms with Gasteiger partial charge in [-0.05, 0) is 12.1 Å². The van der Waals surface area contributed by atoms with E-state index in [-0.39, 0.29) is 5.02 Å². The standard InChI is InChI=1S/C8H3Cl2F5O2/c9-3-1-2-4(17-8(13,14)15)5(10)6(3)16-7(11)12/h1-2,7H. The Bertz CT molecular complexity index is 408. The lowest BCUT2D eigenvalue weighted by atomic mass is 10.3. The third kappa shape index (κ3) is 4.08. The highest BCUT2D eigenvalue weighted by Gasteiger charge is 2.33. The third-order valence-corrected chi connectivity index (χ3v) is 2.10. The predicted octanol–water partition coefficient (Wildman–Crippen LogP) is 4.49. The first-order valence-corrected chi connectivity index (χ1v) is 4.65. The van der Waals surface area contributed by atoms with Gasteiger partial charge in [0.1, 0.15) is 5.02 Å². The van der Waals surface area contributed by atoms with Crippen molar-refractivity contribution in [3.63, 3.8) is 0 Å². The average Bonchev–Trinajstić information content (AvgIpc) is 2.15. The van der Waals surface area contributed by atoms with Crippen molar-refractivity contribution in [2.24, 2.45) is 0 Å². The van der Waals surface area contributed by atoms with Crippen LogP contribution < -0.4 is 9.47 Å². The monoisotopic (exact) mass is 296 g/mol. The van der Waals surface area contributed by atoms with Crippen LogP contribution in [0.25, 0.3) is 0 Å². The van der Waals surface area contributed by atoms with Gasteiger partial charge in [0.2, 0.25) is 0 Å². The number of ether oxygens (including phenoxy) is 2. The normalized spacial score (nSPS) is 11.8. The Balaban J connectivity index is 3.10. The van der Waals surface area contributed by atoms with Crippen molar-refractivity contribution in [3.8, 4) is 11.5 Å². The molecule has 96 valence electrons. The van der Waals surface area contributed by atoms with E-state index in [9.17, 15) is 22.0 Å². The number of rotatable bonds is 3. The molecule has 0 saturated heterocycles. The Hall–Kier alpha value is -0.950. The van der Waals surface area contributed by atoms with Crippen molar-refractivity contribution in [2.45, 2.75) is 13.0 Å². The van der Waals surface area contributed by atoms with Gasteiger partial charge in [0.25, 0.3) is 0 Å². The van der Waals surface area contributed by atoms with Crippen LogP contribution in [0, 0.1) is 0 Å². The molecular formula is C8H3Cl2F5O2. The zero-order valence-electron chi connectivity index (χ0n) is 7.69. The van der Waals surface area contributed by atoms with Crippen LogP contribution in [0.15, 0.2) is 12.1 Å². The molecule has 0 atom stereocenters. The summed E-state index contributed by atoms with van der Waals surface area (Å²) in [5.41, 5.74) is 0. The van der Waals surface area contributed by atoms with Crippen molar-refractivity contribution < 1.29 is 31.4 Å². The summed E-state index contributed by atoms with van der Waals surface area (Å²) < 4.78 is 67.0. The molecule has 0 aliphatic carbocycles. The zero-order valence-corrected chi connectivity index (χ0v) is 9.21. The summed E-state index contributed by atoms with van der Waals surface area (Å²) >= 11 is 10.8. The molecule has 0 aliphatic rings. The van der Waals surface area contributed by atoms with Gasteiger partial charge < -0.3 is 9.47 Å². The Morgan fingerprint density at radius 3 is 2.18 bits per heavy atom. The first-order valence-electron chi connectivity index (χ1n) is 3.89. The summed E-state index contributed by atoms with van der Waals surface area (Å²) in [4.78, 5) is 0. The minimum absolute atomic E-state index is 0.357. The lowest BCUT2D eigenvalue weighted by Crippen LogP contribution is -2.17. The van der Waals surface area contributed by atoms with Gasteiger partial charge >= 0.3 is 13.0 Å². The van der Waals surface area contributed by atoms with Gasteiger partial charge in [0.15, 0.2) is 11.5 Å². The largest absolute Gasteiger partial charge is 0.573 e. The van der Waals surface area contributed by atoms with Crippen LogP contribution in [0.2, 0.25) is 10.0 Å². The van der Waals surface area contributed by atoms with Crippen molar-refractivity contribution >= 4 is 23.2 Å². The van der Waals surface area contributed by atoms with Crippen LogP contribution in [-0.2, 0) is 0 Å². The second-order valence-electron chi connectivity index (χ2n) is 2.61. The zero-order chi connectivity index (χ0) is 13.2. The molecule has 0 fully saturated rings. The van der Waals surface area contributed by atoms with Gasteiger partial charge in [-0.15, -0.1) is 13.2 Å². The van der Waals surface area contributed by atoms with E-state index in [2.05, 4.69) is 9.47 Å². The van der Waals surface area contributed by atoms with E-state index in [1.54, 1.807) is 0 Å². The summed E-state index contributed by atoms with van der Waals surface area (Å²) in [6.07, 6.45) is -5.00. The SMILES string of the molecule is FC(F)Oc1c(Cl)ccc(OC(F)(F)F)c1Cl. The highest BCUT2D eigenvalue weighted by atomic mass is 35.5. The minimum atomic E-state index is -5.00. The van der Waals surface area contributed by atoms with E-state index >= 15 is 0 Å². The highest BCUT2D eigenvalue weighted by Crippen LogP contribution is 2.42. The maximum atomic E-state index is 11.9. The quantitative estimate of drug-likeness (QED) is 0.765. The molecule has 1 rings (SSSR count). The number of hydrogen-bond donors (Lipinski definition) is 0. The van der Waals surface area contributed by atoms with Crippen LogP contribution in [0.4, 0.5) is 22.0 Å². The van der Waals surface area contributed by atoms with E-state index < -0.39 is 29.5 Å².